The summed E-state index contributed by atoms with van der Waals surface area (Å²) in [5.41, 5.74) is 0.747. The van der Waals surface area contributed by atoms with Crippen molar-refractivity contribution in [3.63, 3.8) is 0 Å². The summed E-state index contributed by atoms with van der Waals surface area (Å²) >= 11 is 0. The average Bonchev–Trinajstić information content (AvgIpc) is 2.51. The third kappa shape index (κ3) is 3.59. The summed E-state index contributed by atoms with van der Waals surface area (Å²) in [6.45, 7) is 7.00. The Kier molecular flexibility index (Phi) is 5.80. The summed E-state index contributed by atoms with van der Waals surface area (Å²) in [4.78, 5) is 16.3. The zero-order valence-electron chi connectivity index (χ0n) is 13.7. The largest absolute Gasteiger partial charge is 0.494 e. The highest BCUT2D eigenvalue weighted by molar-refractivity contribution is 5.76. The van der Waals surface area contributed by atoms with Crippen LogP contribution in [0.15, 0.2) is 24.3 Å². The van der Waals surface area contributed by atoms with Crippen LogP contribution in [0.25, 0.3) is 0 Å². The van der Waals surface area contributed by atoms with Crippen LogP contribution < -0.4 is 4.74 Å². The highest BCUT2D eigenvalue weighted by Crippen LogP contribution is 2.31. The van der Waals surface area contributed by atoms with E-state index in [1.807, 2.05) is 31.2 Å². The molecule has 0 aliphatic carbocycles. The van der Waals surface area contributed by atoms with E-state index in [2.05, 4.69) is 23.8 Å². The Bertz CT molecular complexity index is 506. The van der Waals surface area contributed by atoms with Gasteiger partial charge in [-0.3, -0.25) is 9.69 Å². The van der Waals surface area contributed by atoms with E-state index in [4.69, 9.17) is 4.74 Å². The number of aliphatic carboxylic acids is 1. The predicted octanol–water partition coefficient (Wildman–Crippen LogP) is 2.24. The fourth-order valence-corrected chi connectivity index (χ4v) is 3.12. The van der Waals surface area contributed by atoms with E-state index in [0.717, 1.165) is 31.6 Å². The molecule has 5 nitrogen and oxygen atoms in total. The van der Waals surface area contributed by atoms with Crippen molar-refractivity contribution in [2.45, 2.75) is 32.4 Å². The van der Waals surface area contributed by atoms with Crippen molar-refractivity contribution in [2.75, 3.05) is 33.3 Å². The second-order valence-electron chi connectivity index (χ2n) is 5.75. The molecule has 2 rings (SSSR count). The smallest absolute Gasteiger partial charge is 0.325 e. The Balaban J connectivity index is 2.29. The predicted molar refractivity (Wildman–Crippen MR) is 86.3 cm³/mol. The minimum absolute atomic E-state index is 0.398. The molecule has 0 spiro atoms. The Morgan fingerprint density at radius 1 is 1.36 bits per heavy atom. The Hall–Kier alpha value is -1.59. The normalized spacial score (nSPS) is 21.5. The van der Waals surface area contributed by atoms with Crippen LogP contribution in [0, 0.1) is 0 Å². The minimum Gasteiger partial charge on any atom is -0.494 e. The maximum absolute atomic E-state index is 11.9. The molecule has 1 N–H and O–H groups in total. The van der Waals surface area contributed by atoms with Crippen molar-refractivity contribution >= 4 is 5.97 Å². The molecule has 1 fully saturated rings. The fraction of sp³-hybridized carbons (Fsp3) is 0.588. The molecule has 1 aliphatic heterocycles. The van der Waals surface area contributed by atoms with Crippen LogP contribution >= 0.6 is 0 Å². The molecule has 0 saturated carbocycles. The molecule has 1 aliphatic rings. The Labute approximate surface area is 132 Å². The van der Waals surface area contributed by atoms with Crippen molar-refractivity contribution in [1.82, 2.24) is 9.80 Å². The molecule has 2 atom stereocenters. The lowest BCUT2D eigenvalue weighted by Crippen LogP contribution is -2.53. The lowest BCUT2D eigenvalue weighted by atomic mass is 10.0. The van der Waals surface area contributed by atoms with Gasteiger partial charge in [0.2, 0.25) is 0 Å². The van der Waals surface area contributed by atoms with Gasteiger partial charge in [-0.2, -0.15) is 0 Å². The molecule has 22 heavy (non-hydrogen) atoms. The van der Waals surface area contributed by atoms with Gasteiger partial charge in [0.05, 0.1) is 6.61 Å². The Morgan fingerprint density at radius 2 is 2.09 bits per heavy atom. The molecule has 1 heterocycles. The highest BCUT2D eigenvalue weighted by Gasteiger charge is 2.34. The molecular formula is C17H26N2O3. The van der Waals surface area contributed by atoms with Crippen LogP contribution in [0.2, 0.25) is 0 Å². The van der Waals surface area contributed by atoms with Gasteiger partial charge in [0.25, 0.3) is 0 Å². The van der Waals surface area contributed by atoms with Crippen LogP contribution in [0.5, 0.6) is 5.75 Å². The maximum Gasteiger partial charge on any atom is 0.325 e. The number of rotatable bonds is 6. The van der Waals surface area contributed by atoms with E-state index in [1.165, 1.54) is 0 Å². The van der Waals surface area contributed by atoms with Gasteiger partial charge in [0.15, 0.2) is 0 Å². The van der Waals surface area contributed by atoms with Gasteiger partial charge >= 0.3 is 5.97 Å². The summed E-state index contributed by atoms with van der Waals surface area (Å²) < 4.78 is 5.63. The van der Waals surface area contributed by atoms with Crippen LogP contribution in [-0.4, -0.2) is 60.2 Å². The molecule has 0 bridgehead atoms. The zero-order valence-corrected chi connectivity index (χ0v) is 13.7. The quantitative estimate of drug-likeness (QED) is 0.873. The monoisotopic (exact) mass is 306 g/mol. The number of nitrogens with zero attached hydrogens (tertiary/aromatic N) is 2. The van der Waals surface area contributed by atoms with Gasteiger partial charge < -0.3 is 14.7 Å². The SMILES string of the molecule is CCOc1ccccc1C(C(=O)O)N1CCN(C)C(CC)C1. The number of carboxylic acid groups (broad SMARTS) is 1. The van der Waals surface area contributed by atoms with Crippen molar-refractivity contribution in [3.05, 3.63) is 29.8 Å². The van der Waals surface area contributed by atoms with E-state index >= 15 is 0 Å². The number of piperazine rings is 1. The van der Waals surface area contributed by atoms with E-state index in [9.17, 15) is 9.90 Å². The number of hydrogen-bond acceptors (Lipinski definition) is 4. The van der Waals surface area contributed by atoms with Crippen molar-refractivity contribution in [2.24, 2.45) is 0 Å². The number of benzene rings is 1. The van der Waals surface area contributed by atoms with Gasteiger partial charge in [-0.1, -0.05) is 25.1 Å². The van der Waals surface area contributed by atoms with Gasteiger partial charge in [-0.15, -0.1) is 0 Å². The molecule has 0 amide bonds. The third-order valence-corrected chi connectivity index (χ3v) is 4.39. The standard InChI is InChI=1S/C17H26N2O3/c1-4-13-12-19(11-10-18(13)3)16(17(20)21)14-8-6-7-9-15(14)22-5-2/h6-9,13,16H,4-5,10-12H2,1-3H3,(H,20,21). The van der Waals surface area contributed by atoms with Crippen molar-refractivity contribution in [3.8, 4) is 5.75 Å². The summed E-state index contributed by atoms with van der Waals surface area (Å²) in [6, 6.07) is 7.22. The van der Waals surface area contributed by atoms with Gasteiger partial charge in [-0.05, 0) is 26.5 Å². The fourth-order valence-electron chi connectivity index (χ4n) is 3.12. The van der Waals surface area contributed by atoms with Crippen LogP contribution in [0.4, 0.5) is 0 Å². The molecule has 1 saturated heterocycles. The third-order valence-electron chi connectivity index (χ3n) is 4.39. The van der Waals surface area contributed by atoms with Gasteiger partial charge in [-0.25, -0.2) is 0 Å². The number of carboxylic acids is 1. The summed E-state index contributed by atoms with van der Waals surface area (Å²) in [6.07, 6.45) is 1.02. The lowest BCUT2D eigenvalue weighted by Gasteiger charge is -2.41. The highest BCUT2D eigenvalue weighted by atomic mass is 16.5. The zero-order chi connectivity index (χ0) is 16.1. The van der Waals surface area contributed by atoms with E-state index in [0.29, 0.717) is 18.4 Å². The van der Waals surface area contributed by atoms with Gasteiger partial charge in [0.1, 0.15) is 11.8 Å². The summed E-state index contributed by atoms with van der Waals surface area (Å²) in [7, 11) is 2.11. The molecule has 0 radical (unpaired) electrons. The average molecular weight is 306 g/mol. The number of carbonyl (C=O) groups is 1. The first-order valence-corrected chi connectivity index (χ1v) is 7.97. The van der Waals surface area contributed by atoms with Crippen LogP contribution in [-0.2, 0) is 4.79 Å². The van der Waals surface area contributed by atoms with Crippen LogP contribution in [0.3, 0.4) is 0 Å². The van der Waals surface area contributed by atoms with Crippen LogP contribution in [0.1, 0.15) is 31.9 Å². The second-order valence-corrected chi connectivity index (χ2v) is 5.75. The minimum atomic E-state index is -0.813. The topological polar surface area (TPSA) is 53.0 Å². The van der Waals surface area contributed by atoms with Gasteiger partial charge in [0, 0.05) is 31.2 Å². The maximum atomic E-state index is 11.9. The Morgan fingerprint density at radius 3 is 2.73 bits per heavy atom. The van der Waals surface area contributed by atoms with E-state index < -0.39 is 12.0 Å². The van der Waals surface area contributed by atoms with E-state index in [-0.39, 0.29) is 0 Å². The van der Waals surface area contributed by atoms with Crippen molar-refractivity contribution < 1.29 is 14.6 Å². The lowest BCUT2D eigenvalue weighted by molar-refractivity contribution is -0.145. The molecule has 1 aromatic carbocycles. The number of hydrogen-bond donors (Lipinski definition) is 1. The molecule has 2 unspecified atom stereocenters. The molecule has 5 heteroatoms. The molecule has 0 aromatic heterocycles. The first-order chi connectivity index (χ1) is 10.6. The van der Waals surface area contributed by atoms with Crippen molar-refractivity contribution in [1.29, 1.82) is 0 Å². The number of likely N-dealkylation sites (N-methyl/N-ethyl adjacent to an activating group) is 1. The first-order valence-electron chi connectivity index (χ1n) is 7.97. The first kappa shape index (κ1) is 16.8. The molecular weight excluding hydrogens is 280 g/mol. The molecule has 1 aromatic rings. The summed E-state index contributed by atoms with van der Waals surface area (Å²) in [5.74, 6) is -0.143. The summed E-state index contributed by atoms with van der Waals surface area (Å²) in [5, 5.41) is 9.79. The molecule has 122 valence electrons. The number of ether oxygens (including phenoxy) is 1. The second kappa shape index (κ2) is 7.61. The number of para-hydroxylation sites is 1. The van der Waals surface area contributed by atoms with E-state index in [1.54, 1.807) is 0 Å².